The minimum Gasteiger partial charge on any atom is -0.497 e. The average molecular weight is 303 g/mol. The van der Waals surface area contributed by atoms with Crippen molar-refractivity contribution in [1.82, 2.24) is 0 Å². The Labute approximate surface area is 135 Å². The first-order valence-electron chi connectivity index (χ1n) is 7.61. The molecule has 0 spiro atoms. The smallest absolute Gasteiger partial charge is 0.189 e. The van der Waals surface area contributed by atoms with Gasteiger partial charge in [0.05, 0.1) is 7.11 Å². The number of anilines is 1. The summed E-state index contributed by atoms with van der Waals surface area (Å²) in [5.74, 6) is 1.72. The van der Waals surface area contributed by atoms with Crippen molar-refractivity contribution in [3.05, 3.63) is 72.3 Å². The lowest BCUT2D eigenvalue weighted by Crippen LogP contribution is -2.26. The average Bonchev–Trinajstić information content (AvgIpc) is 2.61. The number of hydrogen-bond donors (Lipinski definition) is 1. The van der Waals surface area contributed by atoms with Crippen LogP contribution < -0.4 is 14.8 Å². The number of methoxy groups -OCH3 is 1. The highest BCUT2D eigenvalue weighted by Crippen LogP contribution is 2.33. The van der Waals surface area contributed by atoms with E-state index >= 15 is 0 Å². The Morgan fingerprint density at radius 1 is 1.00 bits per heavy atom. The second-order valence-corrected chi connectivity index (χ2v) is 5.47. The van der Waals surface area contributed by atoms with Crippen LogP contribution in [0.25, 0.3) is 16.8 Å². The highest BCUT2D eigenvalue weighted by molar-refractivity contribution is 5.93. The first-order valence-corrected chi connectivity index (χ1v) is 7.61. The minimum atomic E-state index is -0.198. The monoisotopic (exact) mass is 303 g/mol. The Balaban J connectivity index is 1.61. The zero-order valence-electron chi connectivity index (χ0n) is 12.8. The molecule has 0 amide bonds. The summed E-state index contributed by atoms with van der Waals surface area (Å²) in [6, 6.07) is 20.3. The summed E-state index contributed by atoms with van der Waals surface area (Å²) in [5.41, 5.74) is 2.09. The summed E-state index contributed by atoms with van der Waals surface area (Å²) in [6.07, 6.45) is 3.96. The zero-order valence-corrected chi connectivity index (χ0v) is 12.8. The third-order valence-corrected chi connectivity index (χ3v) is 4.00. The lowest BCUT2D eigenvalue weighted by atomic mass is 10.0. The maximum absolute atomic E-state index is 6.08. The molecule has 3 nitrogen and oxygen atoms in total. The molecule has 1 aliphatic heterocycles. The van der Waals surface area contributed by atoms with Gasteiger partial charge in [-0.15, -0.1) is 0 Å². The summed E-state index contributed by atoms with van der Waals surface area (Å²) in [6.45, 7) is 0. The van der Waals surface area contributed by atoms with Gasteiger partial charge in [0, 0.05) is 17.3 Å². The summed E-state index contributed by atoms with van der Waals surface area (Å²) in [4.78, 5) is 0. The second kappa shape index (κ2) is 5.69. The van der Waals surface area contributed by atoms with Gasteiger partial charge >= 0.3 is 0 Å². The summed E-state index contributed by atoms with van der Waals surface area (Å²) in [7, 11) is 1.66. The quantitative estimate of drug-likeness (QED) is 0.761. The fourth-order valence-electron chi connectivity index (χ4n) is 2.86. The maximum Gasteiger partial charge on any atom is 0.189 e. The van der Waals surface area contributed by atoms with Gasteiger partial charge in [-0.1, -0.05) is 36.4 Å². The molecule has 0 radical (unpaired) electrons. The van der Waals surface area contributed by atoms with Crippen LogP contribution in [0.3, 0.4) is 0 Å². The van der Waals surface area contributed by atoms with Gasteiger partial charge in [-0.2, -0.15) is 0 Å². The van der Waals surface area contributed by atoms with Crippen LogP contribution in [0.1, 0.15) is 5.56 Å². The van der Waals surface area contributed by atoms with Crippen molar-refractivity contribution in [3.63, 3.8) is 0 Å². The van der Waals surface area contributed by atoms with Crippen LogP contribution in [0.15, 0.2) is 66.7 Å². The normalized spacial score (nSPS) is 15.8. The van der Waals surface area contributed by atoms with Crippen molar-refractivity contribution in [2.45, 2.75) is 6.23 Å². The third-order valence-electron chi connectivity index (χ3n) is 4.00. The Bertz CT molecular complexity index is 886. The van der Waals surface area contributed by atoms with Gasteiger partial charge in [-0.05, 0) is 41.1 Å². The molecule has 0 bridgehead atoms. The zero-order chi connectivity index (χ0) is 15.6. The van der Waals surface area contributed by atoms with Crippen LogP contribution in [0, 0.1) is 0 Å². The van der Waals surface area contributed by atoms with Crippen molar-refractivity contribution in [3.8, 4) is 11.5 Å². The molecule has 0 aromatic heterocycles. The van der Waals surface area contributed by atoms with Crippen LogP contribution >= 0.6 is 0 Å². The van der Waals surface area contributed by atoms with E-state index in [9.17, 15) is 0 Å². The van der Waals surface area contributed by atoms with E-state index in [1.54, 1.807) is 7.11 Å². The summed E-state index contributed by atoms with van der Waals surface area (Å²) < 4.78 is 11.3. The van der Waals surface area contributed by atoms with Gasteiger partial charge in [0.15, 0.2) is 6.23 Å². The fraction of sp³-hybridized carbons (Fsp3) is 0.100. The number of rotatable bonds is 3. The molecule has 3 heteroatoms. The van der Waals surface area contributed by atoms with Crippen LogP contribution in [0.4, 0.5) is 5.69 Å². The molecule has 0 aliphatic carbocycles. The predicted octanol–water partition coefficient (Wildman–Crippen LogP) is 4.69. The van der Waals surface area contributed by atoms with Crippen LogP contribution in [0.5, 0.6) is 11.5 Å². The molecule has 0 fully saturated rings. The summed E-state index contributed by atoms with van der Waals surface area (Å²) >= 11 is 0. The Kier molecular flexibility index (Phi) is 3.39. The summed E-state index contributed by atoms with van der Waals surface area (Å²) in [5, 5.41) is 5.79. The first kappa shape index (κ1) is 13.7. The van der Waals surface area contributed by atoms with E-state index in [1.165, 1.54) is 10.8 Å². The van der Waals surface area contributed by atoms with E-state index in [1.807, 2.05) is 36.4 Å². The SMILES string of the molecule is COc1cccc(NC2C=Cc3c(ccc4ccccc34)O2)c1. The third kappa shape index (κ3) is 2.61. The highest BCUT2D eigenvalue weighted by atomic mass is 16.5. The van der Waals surface area contributed by atoms with Crippen LogP contribution in [-0.4, -0.2) is 13.3 Å². The van der Waals surface area contributed by atoms with Crippen molar-refractivity contribution < 1.29 is 9.47 Å². The highest BCUT2D eigenvalue weighted by Gasteiger charge is 2.16. The first-order chi connectivity index (χ1) is 11.3. The van der Waals surface area contributed by atoms with Crippen molar-refractivity contribution in [2.75, 3.05) is 12.4 Å². The van der Waals surface area contributed by atoms with Crippen molar-refractivity contribution in [1.29, 1.82) is 0 Å². The number of nitrogens with one attached hydrogen (secondary N) is 1. The molecule has 114 valence electrons. The molecule has 1 atom stereocenters. The lowest BCUT2D eigenvalue weighted by Gasteiger charge is -2.24. The Morgan fingerprint density at radius 3 is 2.83 bits per heavy atom. The molecule has 0 saturated carbocycles. The molecular weight excluding hydrogens is 286 g/mol. The fourth-order valence-corrected chi connectivity index (χ4v) is 2.86. The van der Waals surface area contributed by atoms with E-state index in [0.29, 0.717) is 0 Å². The molecule has 1 aliphatic rings. The molecule has 4 rings (SSSR count). The standard InChI is InChI=1S/C20H17NO2/c1-22-16-7-4-6-15(13-16)21-20-12-10-18-17-8-3-2-5-14(17)9-11-19(18)23-20/h2-13,20-21H,1H3. The number of hydrogen-bond acceptors (Lipinski definition) is 3. The van der Waals surface area contributed by atoms with E-state index in [0.717, 1.165) is 22.7 Å². The van der Waals surface area contributed by atoms with Gasteiger partial charge < -0.3 is 14.8 Å². The molecule has 1 heterocycles. The Morgan fingerprint density at radius 2 is 1.91 bits per heavy atom. The largest absolute Gasteiger partial charge is 0.497 e. The van der Waals surface area contributed by atoms with E-state index in [-0.39, 0.29) is 6.23 Å². The Hall–Kier alpha value is -2.94. The van der Waals surface area contributed by atoms with E-state index in [2.05, 4.69) is 41.7 Å². The van der Waals surface area contributed by atoms with E-state index < -0.39 is 0 Å². The lowest BCUT2D eigenvalue weighted by molar-refractivity contribution is 0.274. The molecule has 3 aromatic rings. The minimum absolute atomic E-state index is 0.198. The molecule has 0 saturated heterocycles. The van der Waals surface area contributed by atoms with Gasteiger partial charge in [0.1, 0.15) is 11.5 Å². The van der Waals surface area contributed by atoms with Gasteiger partial charge in [0.2, 0.25) is 0 Å². The number of fused-ring (bicyclic) bond motifs is 3. The second-order valence-electron chi connectivity index (χ2n) is 5.47. The topological polar surface area (TPSA) is 30.5 Å². The molecule has 23 heavy (non-hydrogen) atoms. The van der Waals surface area contributed by atoms with Crippen molar-refractivity contribution in [2.24, 2.45) is 0 Å². The van der Waals surface area contributed by atoms with Crippen LogP contribution in [-0.2, 0) is 0 Å². The molecule has 3 aromatic carbocycles. The van der Waals surface area contributed by atoms with Gasteiger partial charge in [0.25, 0.3) is 0 Å². The number of ether oxygens (including phenoxy) is 2. The van der Waals surface area contributed by atoms with Gasteiger partial charge in [-0.25, -0.2) is 0 Å². The predicted molar refractivity (Wildman–Crippen MR) is 94.0 cm³/mol. The molecule has 1 unspecified atom stereocenters. The van der Waals surface area contributed by atoms with Crippen LogP contribution in [0.2, 0.25) is 0 Å². The van der Waals surface area contributed by atoms with E-state index in [4.69, 9.17) is 9.47 Å². The van der Waals surface area contributed by atoms with Gasteiger partial charge in [-0.3, -0.25) is 0 Å². The molecule has 1 N–H and O–H groups in total. The maximum atomic E-state index is 6.08. The van der Waals surface area contributed by atoms with Crippen molar-refractivity contribution >= 4 is 22.5 Å². The number of benzene rings is 3. The molecular formula is C20H17NO2.